The van der Waals surface area contributed by atoms with Crippen molar-refractivity contribution in [2.24, 2.45) is 0 Å². The molecular formula is C12H16N2O3S. The quantitative estimate of drug-likeness (QED) is 0.808. The number of hydrogen-bond donors (Lipinski definition) is 0. The molecule has 0 bridgehead atoms. The highest BCUT2D eigenvalue weighted by molar-refractivity contribution is 7.89. The maximum atomic E-state index is 12.5. The monoisotopic (exact) mass is 268 g/mol. The third-order valence-corrected chi connectivity index (χ3v) is 5.18. The van der Waals surface area contributed by atoms with Gasteiger partial charge < -0.3 is 0 Å². The largest absolute Gasteiger partial charge is 0.298 e. The van der Waals surface area contributed by atoms with Crippen LogP contribution in [0.25, 0.3) is 0 Å². The maximum absolute atomic E-state index is 12.5. The van der Waals surface area contributed by atoms with Crippen LogP contribution in [0, 0.1) is 0 Å². The molecule has 1 saturated heterocycles. The number of carbonyl (C=O) groups is 1. The Labute approximate surface area is 107 Å². The van der Waals surface area contributed by atoms with E-state index in [4.69, 9.17) is 0 Å². The summed E-state index contributed by atoms with van der Waals surface area (Å²) in [4.78, 5) is 15.4. The standard InChI is InChI=1S/C12H16N2O3S/c1-12(2)7-6-10(15)9-14(12)18(16,17)11-5-3-4-8-13-11/h3-5,8H,6-7,9H2,1-2H3. The van der Waals surface area contributed by atoms with Gasteiger partial charge >= 0.3 is 0 Å². The number of hydrogen-bond acceptors (Lipinski definition) is 4. The fourth-order valence-electron chi connectivity index (χ4n) is 2.05. The minimum atomic E-state index is -3.70. The van der Waals surface area contributed by atoms with E-state index in [9.17, 15) is 13.2 Å². The molecule has 1 aliphatic rings. The van der Waals surface area contributed by atoms with Crippen LogP contribution < -0.4 is 0 Å². The molecule has 0 radical (unpaired) electrons. The topological polar surface area (TPSA) is 67.3 Å². The molecule has 0 saturated carbocycles. The Morgan fingerprint density at radius 2 is 2.06 bits per heavy atom. The predicted molar refractivity (Wildman–Crippen MR) is 66.4 cm³/mol. The second-order valence-electron chi connectivity index (χ2n) is 5.03. The van der Waals surface area contributed by atoms with Crippen molar-refractivity contribution in [1.82, 2.24) is 9.29 Å². The lowest BCUT2D eigenvalue weighted by molar-refractivity contribution is -0.123. The lowest BCUT2D eigenvalue weighted by Gasteiger charge is -2.40. The normalized spacial score (nSPS) is 20.9. The van der Waals surface area contributed by atoms with Crippen LogP contribution in [0.4, 0.5) is 0 Å². The summed E-state index contributed by atoms with van der Waals surface area (Å²) in [6.45, 7) is 3.60. The van der Waals surface area contributed by atoms with Crippen molar-refractivity contribution >= 4 is 15.8 Å². The van der Waals surface area contributed by atoms with Gasteiger partial charge in [-0.1, -0.05) is 6.07 Å². The van der Waals surface area contributed by atoms with Gasteiger partial charge in [0.15, 0.2) is 5.03 Å². The summed E-state index contributed by atoms with van der Waals surface area (Å²) in [5.41, 5.74) is -0.551. The van der Waals surface area contributed by atoms with Crippen LogP contribution in [0.2, 0.25) is 0 Å². The molecule has 5 nitrogen and oxygen atoms in total. The van der Waals surface area contributed by atoms with Gasteiger partial charge in [-0.25, -0.2) is 13.4 Å². The fraction of sp³-hybridized carbons (Fsp3) is 0.500. The summed E-state index contributed by atoms with van der Waals surface area (Å²) in [6, 6.07) is 4.73. The Hall–Kier alpha value is -1.27. The molecule has 1 aromatic rings. The van der Waals surface area contributed by atoms with Gasteiger partial charge in [-0.3, -0.25) is 4.79 Å². The van der Waals surface area contributed by atoms with E-state index < -0.39 is 15.6 Å². The first-order valence-corrected chi connectivity index (χ1v) is 7.24. The molecule has 0 amide bonds. The van der Waals surface area contributed by atoms with Crippen molar-refractivity contribution in [3.8, 4) is 0 Å². The van der Waals surface area contributed by atoms with Crippen LogP contribution in [0.5, 0.6) is 0 Å². The van der Waals surface area contributed by atoms with Crippen molar-refractivity contribution in [3.63, 3.8) is 0 Å². The van der Waals surface area contributed by atoms with E-state index in [1.165, 1.54) is 16.6 Å². The maximum Gasteiger partial charge on any atom is 0.261 e. The van der Waals surface area contributed by atoms with E-state index in [1.807, 2.05) is 13.8 Å². The minimum absolute atomic E-state index is 0.00669. The Morgan fingerprint density at radius 3 is 2.67 bits per heavy atom. The zero-order valence-electron chi connectivity index (χ0n) is 10.5. The highest BCUT2D eigenvalue weighted by Crippen LogP contribution is 2.30. The summed E-state index contributed by atoms with van der Waals surface area (Å²) in [7, 11) is -3.70. The van der Waals surface area contributed by atoms with Crippen molar-refractivity contribution in [1.29, 1.82) is 0 Å². The molecule has 0 atom stereocenters. The lowest BCUT2D eigenvalue weighted by atomic mass is 9.93. The summed E-state index contributed by atoms with van der Waals surface area (Å²) < 4.78 is 26.2. The van der Waals surface area contributed by atoms with Crippen LogP contribution >= 0.6 is 0 Å². The fourth-order valence-corrected chi connectivity index (χ4v) is 3.77. The van der Waals surface area contributed by atoms with E-state index in [1.54, 1.807) is 12.1 Å². The summed E-state index contributed by atoms with van der Waals surface area (Å²) in [5, 5.41) is -0.00669. The first-order valence-electron chi connectivity index (χ1n) is 5.80. The first kappa shape index (κ1) is 13.2. The van der Waals surface area contributed by atoms with E-state index >= 15 is 0 Å². The molecule has 0 unspecified atom stereocenters. The Kier molecular flexibility index (Phi) is 3.25. The third-order valence-electron chi connectivity index (χ3n) is 3.20. The predicted octanol–water partition coefficient (Wildman–Crippen LogP) is 1.21. The zero-order chi connectivity index (χ0) is 13.4. The number of pyridine rings is 1. The van der Waals surface area contributed by atoms with Gasteiger partial charge in [0.25, 0.3) is 10.0 Å². The van der Waals surface area contributed by atoms with Crippen molar-refractivity contribution in [3.05, 3.63) is 24.4 Å². The molecule has 0 spiro atoms. The number of rotatable bonds is 2. The molecule has 2 heterocycles. The molecule has 1 fully saturated rings. The van der Waals surface area contributed by atoms with Gasteiger partial charge in [-0.05, 0) is 32.4 Å². The van der Waals surface area contributed by atoms with E-state index in [0.717, 1.165) is 0 Å². The van der Waals surface area contributed by atoms with Crippen molar-refractivity contribution in [2.75, 3.05) is 6.54 Å². The molecule has 98 valence electrons. The Balaban J connectivity index is 2.43. The first-order chi connectivity index (χ1) is 8.34. The van der Waals surface area contributed by atoms with E-state index in [2.05, 4.69) is 4.98 Å². The average Bonchev–Trinajstić information content (AvgIpc) is 2.33. The summed E-state index contributed by atoms with van der Waals surface area (Å²) in [6.07, 6.45) is 2.41. The van der Waals surface area contributed by atoms with Gasteiger partial charge in [0, 0.05) is 18.2 Å². The van der Waals surface area contributed by atoms with Gasteiger partial charge in [-0.2, -0.15) is 4.31 Å². The molecule has 6 heteroatoms. The minimum Gasteiger partial charge on any atom is -0.298 e. The third kappa shape index (κ3) is 2.30. The highest BCUT2D eigenvalue weighted by Gasteiger charge is 2.42. The van der Waals surface area contributed by atoms with Crippen LogP contribution in [-0.4, -0.2) is 35.6 Å². The van der Waals surface area contributed by atoms with E-state index in [0.29, 0.717) is 12.8 Å². The number of aromatic nitrogens is 1. The van der Waals surface area contributed by atoms with Crippen LogP contribution in [0.15, 0.2) is 29.4 Å². The second kappa shape index (κ2) is 4.44. The molecule has 1 aromatic heterocycles. The smallest absolute Gasteiger partial charge is 0.261 e. The highest BCUT2D eigenvalue weighted by atomic mass is 32.2. The molecule has 1 aliphatic heterocycles. The summed E-state index contributed by atoms with van der Waals surface area (Å²) in [5.74, 6) is -0.0474. The van der Waals surface area contributed by atoms with Crippen molar-refractivity contribution < 1.29 is 13.2 Å². The summed E-state index contributed by atoms with van der Waals surface area (Å²) >= 11 is 0. The van der Waals surface area contributed by atoms with Gasteiger partial charge in [-0.15, -0.1) is 0 Å². The molecule has 0 aliphatic carbocycles. The molecule has 0 N–H and O–H groups in total. The SMILES string of the molecule is CC1(C)CCC(=O)CN1S(=O)(=O)c1ccccn1. The van der Waals surface area contributed by atoms with E-state index in [-0.39, 0.29) is 17.4 Å². The average molecular weight is 268 g/mol. The second-order valence-corrected chi connectivity index (χ2v) is 6.84. The number of ketones is 1. The number of Topliss-reactive ketones (excluding diaryl/α,β-unsaturated/α-hetero) is 1. The lowest BCUT2D eigenvalue weighted by Crippen LogP contribution is -2.53. The molecule has 0 aromatic carbocycles. The number of carbonyl (C=O) groups excluding carboxylic acids is 1. The zero-order valence-corrected chi connectivity index (χ0v) is 11.3. The Morgan fingerprint density at radius 1 is 1.33 bits per heavy atom. The van der Waals surface area contributed by atoms with Crippen LogP contribution in [-0.2, 0) is 14.8 Å². The molecule has 18 heavy (non-hydrogen) atoms. The Bertz CT molecular complexity index is 552. The van der Waals surface area contributed by atoms with Crippen LogP contribution in [0.3, 0.4) is 0 Å². The number of piperidine rings is 1. The number of nitrogens with zero attached hydrogens (tertiary/aromatic N) is 2. The van der Waals surface area contributed by atoms with Gasteiger partial charge in [0.1, 0.15) is 5.78 Å². The van der Waals surface area contributed by atoms with Gasteiger partial charge in [0.05, 0.1) is 6.54 Å². The number of sulfonamides is 1. The molecular weight excluding hydrogens is 252 g/mol. The van der Waals surface area contributed by atoms with Crippen molar-refractivity contribution in [2.45, 2.75) is 37.3 Å². The van der Waals surface area contributed by atoms with Crippen LogP contribution in [0.1, 0.15) is 26.7 Å². The van der Waals surface area contributed by atoms with Gasteiger partial charge in [0.2, 0.25) is 0 Å². The molecule has 2 rings (SSSR count).